The summed E-state index contributed by atoms with van der Waals surface area (Å²) in [7, 11) is 0. The van der Waals surface area contributed by atoms with Gasteiger partial charge in [0.2, 0.25) is 0 Å². The molecule has 0 saturated heterocycles. The van der Waals surface area contributed by atoms with Crippen LogP contribution in [0, 0.1) is 6.92 Å². The number of aryl methyl sites for hydroxylation is 1. The minimum Gasteiger partial charge on any atom is -0.141 e. The van der Waals surface area contributed by atoms with Gasteiger partial charge in [0.25, 0.3) is 0 Å². The quantitative estimate of drug-likeness (QED) is 0.531. The first kappa shape index (κ1) is 13.5. The van der Waals surface area contributed by atoms with Gasteiger partial charge in [0.05, 0.1) is 0 Å². The molecule has 0 bridgehead atoms. The number of rotatable bonds is 4. The average Bonchev–Trinajstić information content (AvgIpc) is 2.93. The summed E-state index contributed by atoms with van der Waals surface area (Å²) in [5.41, 5.74) is 2.72. The molecule has 0 radical (unpaired) electrons. The zero-order chi connectivity index (χ0) is 13.8. The van der Waals surface area contributed by atoms with Gasteiger partial charge in [-0.2, -0.15) is 0 Å². The Labute approximate surface area is 128 Å². The third-order valence-electron chi connectivity index (χ3n) is 3.13. The van der Waals surface area contributed by atoms with E-state index in [4.69, 9.17) is 0 Å². The van der Waals surface area contributed by atoms with Crippen LogP contribution in [0.5, 0.6) is 0 Å². The van der Waals surface area contributed by atoms with Crippen LogP contribution in [0.15, 0.2) is 71.6 Å². The zero-order valence-corrected chi connectivity index (χ0v) is 13.0. The van der Waals surface area contributed by atoms with Gasteiger partial charge in [0, 0.05) is 26.0 Å². The van der Waals surface area contributed by atoms with Crippen LogP contribution in [0.1, 0.15) is 10.4 Å². The topological polar surface area (TPSA) is 0 Å². The van der Waals surface area contributed by atoms with Crippen LogP contribution in [0.2, 0.25) is 0 Å². The Morgan fingerprint density at radius 3 is 2.35 bits per heavy atom. The van der Waals surface area contributed by atoms with Crippen molar-refractivity contribution in [3.05, 3.63) is 77.2 Å². The van der Waals surface area contributed by atoms with Crippen LogP contribution in [-0.4, -0.2) is 0 Å². The van der Waals surface area contributed by atoms with E-state index >= 15 is 0 Å². The number of thioether (sulfide) groups is 1. The average molecular weight is 296 g/mol. The SMILES string of the molecule is Cc1ccc(-c2ccccc2SCc2ccccc2)s1. The lowest BCUT2D eigenvalue weighted by Gasteiger charge is -2.07. The van der Waals surface area contributed by atoms with Crippen LogP contribution in [0.3, 0.4) is 0 Å². The predicted molar refractivity (Wildman–Crippen MR) is 90.5 cm³/mol. The molecule has 3 aromatic rings. The molecule has 0 fully saturated rings. The monoisotopic (exact) mass is 296 g/mol. The number of benzene rings is 2. The lowest BCUT2D eigenvalue weighted by Crippen LogP contribution is -1.82. The number of hydrogen-bond donors (Lipinski definition) is 0. The van der Waals surface area contributed by atoms with E-state index in [2.05, 4.69) is 73.7 Å². The van der Waals surface area contributed by atoms with Gasteiger partial charge in [-0.1, -0.05) is 48.5 Å². The maximum atomic E-state index is 2.22. The Morgan fingerprint density at radius 2 is 1.60 bits per heavy atom. The molecule has 100 valence electrons. The summed E-state index contributed by atoms with van der Waals surface area (Å²) in [6.45, 7) is 2.16. The maximum Gasteiger partial charge on any atom is 0.0356 e. The molecule has 1 heterocycles. The summed E-state index contributed by atoms with van der Waals surface area (Å²) in [6.07, 6.45) is 0. The van der Waals surface area contributed by atoms with Gasteiger partial charge in [-0.05, 0) is 30.7 Å². The number of hydrogen-bond acceptors (Lipinski definition) is 2. The highest BCUT2D eigenvalue weighted by Crippen LogP contribution is 2.36. The van der Waals surface area contributed by atoms with Crippen molar-refractivity contribution in [2.45, 2.75) is 17.6 Å². The molecule has 0 amide bonds. The summed E-state index contributed by atoms with van der Waals surface area (Å²) in [6, 6.07) is 23.7. The number of thiophene rings is 1. The van der Waals surface area contributed by atoms with Crippen molar-refractivity contribution in [1.82, 2.24) is 0 Å². The highest BCUT2D eigenvalue weighted by molar-refractivity contribution is 7.98. The molecule has 0 atom stereocenters. The van der Waals surface area contributed by atoms with Crippen molar-refractivity contribution in [3.8, 4) is 10.4 Å². The van der Waals surface area contributed by atoms with Crippen LogP contribution in [0.25, 0.3) is 10.4 Å². The molecule has 0 spiro atoms. The van der Waals surface area contributed by atoms with Gasteiger partial charge in [-0.3, -0.25) is 0 Å². The van der Waals surface area contributed by atoms with Crippen LogP contribution < -0.4 is 0 Å². The van der Waals surface area contributed by atoms with Crippen LogP contribution in [-0.2, 0) is 5.75 Å². The molecule has 0 nitrogen and oxygen atoms in total. The highest BCUT2D eigenvalue weighted by atomic mass is 32.2. The summed E-state index contributed by atoms with van der Waals surface area (Å²) in [4.78, 5) is 4.08. The maximum absolute atomic E-state index is 2.22. The third kappa shape index (κ3) is 3.14. The Hall–Kier alpha value is -1.51. The van der Waals surface area contributed by atoms with Gasteiger partial charge in [0.15, 0.2) is 0 Å². The molecular formula is C18H16S2. The molecule has 2 heteroatoms. The molecule has 3 rings (SSSR count). The minimum atomic E-state index is 1.02. The first-order valence-electron chi connectivity index (χ1n) is 6.65. The van der Waals surface area contributed by atoms with Crippen molar-refractivity contribution in [3.63, 3.8) is 0 Å². The molecule has 20 heavy (non-hydrogen) atoms. The van der Waals surface area contributed by atoms with Crippen molar-refractivity contribution < 1.29 is 0 Å². The van der Waals surface area contributed by atoms with E-state index in [0.29, 0.717) is 0 Å². The van der Waals surface area contributed by atoms with E-state index in [1.807, 2.05) is 23.1 Å². The summed E-state index contributed by atoms with van der Waals surface area (Å²) in [5, 5.41) is 0. The lowest BCUT2D eigenvalue weighted by molar-refractivity contribution is 1.38. The summed E-state index contributed by atoms with van der Waals surface area (Å²) < 4.78 is 0. The molecule has 0 unspecified atom stereocenters. The molecule has 1 aromatic heterocycles. The fourth-order valence-corrected chi connectivity index (χ4v) is 4.11. The van der Waals surface area contributed by atoms with E-state index in [9.17, 15) is 0 Å². The van der Waals surface area contributed by atoms with Gasteiger partial charge < -0.3 is 0 Å². The Morgan fingerprint density at radius 1 is 0.850 bits per heavy atom. The molecule has 0 aliphatic heterocycles. The molecule has 0 saturated carbocycles. The van der Waals surface area contributed by atoms with Crippen LogP contribution >= 0.6 is 23.1 Å². The van der Waals surface area contributed by atoms with Crippen molar-refractivity contribution in [1.29, 1.82) is 0 Å². The summed E-state index contributed by atoms with van der Waals surface area (Å²) >= 11 is 3.77. The fourth-order valence-electron chi connectivity index (χ4n) is 2.11. The molecule has 0 N–H and O–H groups in total. The molecule has 0 aliphatic rings. The standard InChI is InChI=1S/C18H16S2/c1-14-11-12-18(20-14)16-9-5-6-10-17(16)19-13-15-7-3-2-4-8-15/h2-12H,13H2,1H3. The van der Waals surface area contributed by atoms with Gasteiger partial charge >= 0.3 is 0 Å². The van der Waals surface area contributed by atoms with Crippen molar-refractivity contribution in [2.75, 3.05) is 0 Å². The molecule has 0 aliphatic carbocycles. The smallest absolute Gasteiger partial charge is 0.0356 e. The Balaban J connectivity index is 1.83. The second kappa shape index (κ2) is 6.29. The van der Waals surface area contributed by atoms with Crippen LogP contribution in [0.4, 0.5) is 0 Å². The van der Waals surface area contributed by atoms with Crippen molar-refractivity contribution >= 4 is 23.1 Å². The predicted octanol–water partition coefficient (Wildman–Crippen LogP) is 6.02. The Kier molecular flexibility index (Phi) is 4.24. The van der Waals surface area contributed by atoms with Gasteiger partial charge in [-0.15, -0.1) is 23.1 Å². The second-order valence-electron chi connectivity index (χ2n) is 4.68. The van der Waals surface area contributed by atoms with Crippen molar-refractivity contribution in [2.24, 2.45) is 0 Å². The van der Waals surface area contributed by atoms with Gasteiger partial charge in [0.1, 0.15) is 0 Å². The normalized spacial score (nSPS) is 10.7. The lowest BCUT2D eigenvalue weighted by atomic mass is 10.2. The minimum absolute atomic E-state index is 1.02. The third-order valence-corrected chi connectivity index (χ3v) is 5.31. The largest absolute Gasteiger partial charge is 0.141 e. The second-order valence-corrected chi connectivity index (χ2v) is 6.99. The summed E-state index contributed by atoms with van der Waals surface area (Å²) in [5.74, 6) is 1.02. The first-order valence-corrected chi connectivity index (χ1v) is 8.46. The zero-order valence-electron chi connectivity index (χ0n) is 11.4. The van der Waals surface area contributed by atoms with E-state index in [-0.39, 0.29) is 0 Å². The van der Waals surface area contributed by atoms with Gasteiger partial charge in [-0.25, -0.2) is 0 Å². The molecule has 2 aromatic carbocycles. The van der Waals surface area contributed by atoms with E-state index in [1.165, 1.54) is 25.8 Å². The Bertz CT molecular complexity index is 683. The first-order chi connectivity index (χ1) is 9.83. The highest BCUT2D eigenvalue weighted by Gasteiger charge is 2.07. The van der Waals surface area contributed by atoms with E-state index < -0.39 is 0 Å². The van der Waals surface area contributed by atoms with E-state index in [0.717, 1.165) is 5.75 Å². The molecular weight excluding hydrogens is 280 g/mol. The van der Waals surface area contributed by atoms with E-state index in [1.54, 1.807) is 0 Å². The fraction of sp³-hybridized carbons (Fsp3) is 0.111.